The number of benzene rings is 2. The Labute approximate surface area is 133 Å². The fourth-order valence-electron chi connectivity index (χ4n) is 2.68. The van der Waals surface area contributed by atoms with Gasteiger partial charge in [-0.05, 0) is 55.3 Å². The fraction of sp³-hybridized carbons (Fsp3) is 0.167. The number of phenolic OH excluding ortho intramolecular Hbond substituents is 1. The van der Waals surface area contributed by atoms with Crippen molar-refractivity contribution in [1.29, 1.82) is 0 Å². The van der Waals surface area contributed by atoms with Crippen LogP contribution in [0.3, 0.4) is 0 Å². The summed E-state index contributed by atoms with van der Waals surface area (Å²) < 4.78 is 13.5. The number of nitrogens with one attached hydrogen (secondary N) is 2. The second-order valence-electron chi connectivity index (χ2n) is 5.66. The van der Waals surface area contributed by atoms with Crippen LogP contribution >= 0.6 is 0 Å². The van der Waals surface area contributed by atoms with Crippen molar-refractivity contribution in [2.24, 2.45) is 0 Å². The second-order valence-corrected chi connectivity index (χ2v) is 5.66. The van der Waals surface area contributed by atoms with Crippen molar-refractivity contribution in [3.8, 4) is 5.75 Å². The van der Waals surface area contributed by atoms with E-state index < -0.39 is 0 Å². The first-order valence-electron chi connectivity index (χ1n) is 7.30. The summed E-state index contributed by atoms with van der Waals surface area (Å²) in [5, 5.41) is 13.2. The van der Waals surface area contributed by atoms with E-state index in [1.807, 2.05) is 19.9 Å². The monoisotopic (exact) mass is 312 g/mol. The zero-order chi connectivity index (χ0) is 16.6. The van der Waals surface area contributed by atoms with Crippen LogP contribution < -0.4 is 5.32 Å². The van der Waals surface area contributed by atoms with E-state index in [0.29, 0.717) is 11.1 Å². The summed E-state index contributed by atoms with van der Waals surface area (Å²) in [7, 11) is 0. The average molecular weight is 312 g/mol. The van der Waals surface area contributed by atoms with Crippen LogP contribution in [0.25, 0.3) is 10.9 Å². The molecule has 5 heteroatoms. The predicted molar refractivity (Wildman–Crippen MR) is 88.2 cm³/mol. The van der Waals surface area contributed by atoms with Crippen molar-refractivity contribution in [3.63, 3.8) is 0 Å². The maximum Gasteiger partial charge on any atom is 0.228 e. The molecule has 118 valence electrons. The summed E-state index contributed by atoms with van der Waals surface area (Å²) in [6, 6.07) is 9.51. The van der Waals surface area contributed by atoms with Crippen LogP contribution in [0, 0.1) is 19.7 Å². The summed E-state index contributed by atoms with van der Waals surface area (Å²) in [6.45, 7) is 3.71. The number of fused-ring (bicyclic) bond motifs is 1. The van der Waals surface area contributed by atoms with Gasteiger partial charge >= 0.3 is 0 Å². The number of amides is 1. The number of H-pyrrole nitrogens is 1. The molecule has 0 saturated carbocycles. The van der Waals surface area contributed by atoms with Crippen molar-refractivity contribution in [2.45, 2.75) is 20.3 Å². The number of carbonyl (C=O) groups is 1. The number of aromatic amines is 1. The third kappa shape index (κ3) is 3.04. The number of anilines is 1. The molecule has 3 N–H and O–H groups in total. The maximum absolute atomic E-state index is 13.5. The van der Waals surface area contributed by atoms with Crippen molar-refractivity contribution in [2.75, 3.05) is 5.32 Å². The number of aromatic hydroxyl groups is 1. The molecule has 0 atom stereocenters. The van der Waals surface area contributed by atoms with Crippen LogP contribution in [0.5, 0.6) is 5.75 Å². The number of halogens is 1. The summed E-state index contributed by atoms with van der Waals surface area (Å²) in [5.74, 6) is -0.577. The van der Waals surface area contributed by atoms with Gasteiger partial charge in [-0.15, -0.1) is 0 Å². The molecule has 3 aromatic rings. The molecule has 23 heavy (non-hydrogen) atoms. The van der Waals surface area contributed by atoms with Gasteiger partial charge in [0.2, 0.25) is 5.91 Å². The number of hydrogen-bond donors (Lipinski definition) is 3. The van der Waals surface area contributed by atoms with Gasteiger partial charge in [0.05, 0.1) is 12.1 Å². The molecule has 0 aliphatic rings. The number of aryl methyl sites for hydroxylation is 2. The highest BCUT2D eigenvalue weighted by Crippen LogP contribution is 2.26. The van der Waals surface area contributed by atoms with Crippen molar-refractivity contribution in [1.82, 2.24) is 4.98 Å². The third-order valence-electron chi connectivity index (χ3n) is 3.85. The zero-order valence-electron chi connectivity index (χ0n) is 12.9. The summed E-state index contributed by atoms with van der Waals surface area (Å²) in [4.78, 5) is 15.4. The van der Waals surface area contributed by atoms with E-state index in [1.165, 1.54) is 12.1 Å². The summed E-state index contributed by atoms with van der Waals surface area (Å²) >= 11 is 0. The minimum atomic E-state index is -0.339. The van der Waals surface area contributed by atoms with E-state index in [4.69, 9.17) is 0 Å². The smallest absolute Gasteiger partial charge is 0.228 e. The quantitative estimate of drug-likeness (QED) is 0.644. The number of rotatable bonds is 3. The maximum atomic E-state index is 13.5. The lowest BCUT2D eigenvalue weighted by Gasteiger charge is -2.08. The summed E-state index contributed by atoms with van der Waals surface area (Å²) in [6.07, 6.45) is 0.0998. The molecule has 0 radical (unpaired) electrons. The highest BCUT2D eigenvalue weighted by molar-refractivity contribution is 5.97. The van der Waals surface area contributed by atoms with E-state index in [1.54, 1.807) is 18.2 Å². The molecule has 1 heterocycles. The van der Waals surface area contributed by atoms with E-state index in [0.717, 1.165) is 22.3 Å². The van der Waals surface area contributed by atoms with Gasteiger partial charge in [0.25, 0.3) is 0 Å². The van der Waals surface area contributed by atoms with Crippen LogP contribution in [-0.4, -0.2) is 16.0 Å². The minimum absolute atomic E-state index is 0.0278. The second kappa shape index (κ2) is 5.76. The van der Waals surface area contributed by atoms with Gasteiger partial charge in [-0.1, -0.05) is 6.07 Å². The van der Waals surface area contributed by atoms with Gasteiger partial charge in [-0.3, -0.25) is 4.79 Å². The van der Waals surface area contributed by atoms with Gasteiger partial charge in [0.15, 0.2) is 0 Å². The molecule has 4 nitrogen and oxygen atoms in total. The van der Waals surface area contributed by atoms with Gasteiger partial charge in [-0.2, -0.15) is 0 Å². The molecule has 0 saturated heterocycles. The molecule has 0 unspecified atom stereocenters. The topological polar surface area (TPSA) is 65.1 Å². The highest BCUT2D eigenvalue weighted by atomic mass is 19.1. The molecule has 0 aliphatic carbocycles. The minimum Gasteiger partial charge on any atom is -0.506 e. The van der Waals surface area contributed by atoms with Crippen LogP contribution in [0.4, 0.5) is 10.1 Å². The largest absolute Gasteiger partial charge is 0.506 e. The molecule has 0 spiro atoms. The van der Waals surface area contributed by atoms with E-state index in [-0.39, 0.29) is 23.9 Å². The van der Waals surface area contributed by atoms with Gasteiger partial charge in [0.1, 0.15) is 11.6 Å². The van der Waals surface area contributed by atoms with E-state index >= 15 is 0 Å². The fourth-order valence-corrected chi connectivity index (χ4v) is 2.68. The molecular weight excluding hydrogens is 295 g/mol. The predicted octanol–water partition coefficient (Wildman–Crippen LogP) is 3.81. The standard InChI is InChI=1S/C18H17FN2O2/c1-10-3-5-16(17(22)7-10)21-18(23)9-13-11(2)20-15-6-4-12(19)8-14(13)15/h3-8,20,22H,9H2,1-2H3,(H,21,23). The Bertz CT molecular complexity index is 899. The normalized spacial score (nSPS) is 10.9. The van der Waals surface area contributed by atoms with Crippen molar-refractivity contribution in [3.05, 3.63) is 59.0 Å². The Balaban J connectivity index is 1.85. The van der Waals surface area contributed by atoms with Crippen LogP contribution in [-0.2, 0) is 11.2 Å². The first kappa shape index (κ1) is 15.1. The first-order valence-corrected chi connectivity index (χ1v) is 7.30. The van der Waals surface area contributed by atoms with E-state index in [2.05, 4.69) is 10.3 Å². The first-order chi connectivity index (χ1) is 10.9. The molecular formula is C18H17FN2O2. The Kier molecular flexibility index (Phi) is 3.78. The lowest BCUT2D eigenvalue weighted by molar-refractivity contribution is -0.115. The average Bonchev–Trinajstić information content (AvgIpc) is 2.78. The molecule has 3 rings (SSSR count). The third-order valence-corrected chi connectivity index (χ3v) is 3.85. The van der Waals surface area contributed by atoms with Gasteiger partial charge in [0, 0.05) is 16.6 Å². The van der Waals surface area contributed by atoms with Crippen LogP contribution in [0.15, 0.2) is 36.4 Å². The number of carbonyl (C=O) groups excluding carboxylic acids is 1. The van der Waals surface area contributed by atoms with Crippen LogP contribution in [0.2, 0.25) is 0 Å². The molecule has 0 bridgehead atoms. The van der Waals surface area contributed by atoms with Gasteiger partial charge in [-0.25, -0.2) is 4.39 Å². The zero-order valence-corrected chi connectivity index (χ0v) is 12.9. The number of phenols is 1. The van der Waals surface area contributed by atoms with Crippen LogP contribution in [0.1, 0.15) is 16.8 Å². The SMILES string of the molecule is Cc1ccc(NC(=O)Cc2c(C)[nH]c3ccc(F)cc23)c(O)c1. The van der Waals surface area contributed by atoms with Gasteiger partial charge < -0.3 is 15.4 Å². The molecule has 2 aromatic carbocycles. The molecule has 1 amide bonds. The number of hydrogen-bond acceptors (Lipinski definition) is 2. The molecule has 0 aliphatic heterocycles. The van der Waals surface area contributed by atoms with E-state index in [9.17, 15) is 14.3 Å². The number of aromatic nitrogens is 1. The lowest BCUT2D eigenvalue weighted by Crippen LogP contribution is -2.15. The summed E-state index contributed by atoms with van der Waals surface area (Å²) in [5.41, 5.74) is 3.65. The lowest BCUT2D eigenvalue weighted by atomic mass is 10.1. The Morgan fingerprint density at radius 3 is 2.74 bits per heavy atom. The van der Waals surface area contributed by atoms with Crippen molar-refractivity contribution >= 4 is 22.5 Å². The Hall–Kier alpha value is -2.82. The molecule has 0 fully saturated rings. The highest BCUT2D eigenvalue weighted by Gasteiger charge is 2.14. The van der Waals surface area contributed by atoms with Crippen molar-refractivity contribution < 1.29 is 14.3 Å². The molecule has 1 aromatic heterocycles. The Morgan fingerprint density at radius 1 is 1.22 bits per heavy atom. The Morgan fingerprint density at radius 2 is 2.00 bits per heavy atom.